The molecule has 0 fully saturated rings. The van der Waals surface area contributed by atoms with Gasteiger partial charge in [0.05, 0.1) is 3.79 Å². The van der Waals surface area contributed by atoms with Crippen LogP contribution in [-0.4, -0.2) is 7.05 Å². The molecule has 96 valence electrons. The van der Waals surface area contributed by atoms with Crippen LogP contribution in [0.3, 0.4) is 0 Å². The van der Waals surface area contributed by atoms with Crippen LogP contribution in [0, 0.1) is 6.92 Å². The zero-order chi connectivity index (χ0) is 13.1. The van der Waals surface area contributed by atoms with Crippen molar-refractivity contribution < 1.29 is 0 Å². The normalized spacial score (nSPS) is 10.7. The molecule has 1 aromatic heterocycles. The molecule has 4 heteroatoms. The van der Waals surface area contributed by atoms with E-state index in [1.165, 1.54) is 26.2 Å². The van der Waals surface area contributed by atoms with E-state index in [0.29, 0.717) is 6.54 Å². The SMILES string of the molecule is Cc1cc(N(C)Cc2csc(Br)c2)ccc1CN. The van der Waals surface area contributed by atoms with Crippen molar-refractivity contribution in [2.75, 3.05) is 11.9 Å². The maximum absolute atomic E-state index is 5.69. The van der Waals surface area contributed by atoms with Gasteiger partial charge in [0.1, 0.15) is 0 Å². The van der Waals surface area contributed by atoms with E-state index < -0.39 is 0 Å². The second kappa shape index (κ2) is 5.87. The van der Waals surface area contributed by atoms with Crippen LogP contribution in [0.15, 0.2) is 33.4 Å². The van der Waals surface area contributed by atoms with E-state index in [9.17, 15) is 0 Å². The fraction of sp³-hybridized carbons (Fsp3) is 0.286. The first kappa shape index (κ1) is 13.6. The summed E-state index contributed by atoms with van der Waals surface area (Å²) < 4.78 is 1.18. The van der Waals surface area contributed by atoms with E-state index in [-0.39, 0.29) is 0 Å². The Morgan fingerprint density at radius 2 is 2.11 bits per heavy atom. The van der Waals surface area contributed by atoms with Crippen molar-refractivity contribution in [2.24, 2.45) is 5.73 Å². The summed E-state index contributed by atoms with van der Waals surface area (Å²) in [7, 11) is 2.11. The number of halogens is 1. The molecule has 0 spiro atoms. The van der Waals surface area contributed by atoms with E-state index in [1.54, 1.807) is 11.3 Å². The summed E-state index contributed by atoms with van der Waals surface area (Å²) in [6, 6.07) is 8.62. The minimum atomic E-state index is 0.604. The first-order chi connectivity index (χ1) is 8.60. The third kappa shape index (κ3) is 3.13. The Bertz CT molecular complexity index is 536. The highest BCUT2D eigenvalue weighted by Gasteiger charge is 2.05. The molecule has 18 heavy (non-hydrogen) atoms. The lowest BCUT2D eigenvalue weighted by Crippen LogP contribution is -2.16. The summed E-state index contributed by atoms with van der Waals surface area (Å²) in [5.74, 6) is 0. The zero-order valence-corrected chi connectivity index (χ0v) is 13.0. The molecule has 1 heterocycles. The van der Waals surface area contributed by atoms with E-state index >= 15 is 0 Å². The average Bonchev–Trinajstić information content (AvgIpc) is 2.74. The Kier molecular flexibility index (Phi) is 4.43. The van der Waals surface area contributed by atoms with E-state index in [2.05, 4.69) is 64.4 Å². The lowest BCUT2D eigenvalue weighted by Gasteiger charge is -2.20. The van der Waals surface area contributed by atoms with Gasteiger partial charge in [-0.25, -0.2) is 0 Å². The second-order valence-electron chi connectivity index (χ2n) is 4.43. The number of anilines is 1. The number of aryl methyl sites for hydroxylation is 1. The van der Waals surface area contributed by atoms with Crippen LogP contribution >= 0.6 is 27.3 Å². The van der Waals surface area contributed by atoms with Crippen LogP contribution in [0.2, 0.25) is 0 Å². The monoisotopic (exact) mass is 324 g/mol. The first-order valence-corrected chi connectivity index (χ1v) is 7.51. The summed E-state index contributed by atoms with van der Waals surface area (Å²) in [6.45, 7) is 3.64. The van der Waals surface area contributed by atoms with Crippen LogP contribution in [-0.2, 0) is 13.1 Å². The molecule has 0 saturated carbocycles. The number of thiophene rings is 1. The number of hydrogen-bond acceptors (Lipinski definition) is 3. The Morgan fingerprint density at radius 3 is 2.67 bits per heavy atom. The second-order valence-corrected chi connectivity index (χ2v) is 6.72. The van der Waals surface area contributed by atoms with Crippen molar-refractivity contribution in [1.82, 2.24) is 0 Å². The molecule has 2 aromatic rings. The molecule has 0 atom stereocenters. The summed E-state index contributed by atoms with van der Waals surface area (Å²) in [5.41, 5.74) is 10.7. The number of benzene rings is 1. The topological polar surface area (TPSA) is 29.3 Å². The van der Waals surface area contributed by atoms with Gasteiger partial charge in [0.2, 0.25) is 0 Å². The van der Waals surface area contributed by atoms with Crippen molar-refractivity contribution >= 4 is 33.0 Å². The van der Waals surface area contributed by atoms with Crippen LogP contribution in [0.25, 0.3) is 0 Å². The largest absolute Gasteiger partial charge is 0.370 e. The molecule has 2 rings (SSSR count). The van der Waals surface area contributed by atoms with E-state index in [0.717, 1.165) is 6.54 Å². The molecule has 1 aromatic carbocycles. The van der Waals surface area contributed by atoms with Gasteiger partial charge in [0.15, 0.2) is 0 Å². The van der Waals surface area contributed by atoms with Crippen molar-refractivity contribution in [2.45, 2.75) is 20.0 Å². The van der Waals surface area contributed by atoms with Gasteiger partial charge >= 0.3 is 0 Å². The van der Waals surface area contributed by atoms with Gasteiger partial charge in [0.25, 0.3) is 0 Å². The molecule has 0 radical (unpaired) electrons. The fourth-order valence-corrected chi connectivity index (χ4v) is 3.14. The van der Waals surface area contributed by atoms with Crippen molar-refractivity contribution in [3.8, 4) is 0 Å². The predicted molar refractivity (Wildman–Crippen MR) is 83.2 cm³/mol. The smallest absolute Gasteiger partial charge is 0.0701 e. The van der Waals surface area contributed by atoms with Crippen molar-refractivity contribution in [3.63, 3.8) is 0 Å². The van der Waals surface area contributed by atoms with Crippen molar-refractivity contribution in [1.29, 1.82) is 0 Å². The molecule has 0 bridgehead atoms. The third-order valence-corrected chi connectivity index (χ3v) is 4.58. The minimum absolute atomic E-state index is 0.604. The molecule has 2 nitrogen and oxygen atoms in total. The number of rotatable bonds is 4. The molecule has 0 aliphatic heterocycles. The lowest BCUT2D eigenvalue weighted by molar-refractivity contribution is 0.923. The molecular weight excluding hydrogens is 308 g/mol. The van der Waals surface area contributed by atoms with Crippen LogP contribution in [0.1, 0.15) is 16.7 Å². The van der Waals surface area contributed by atoms with Gasteiger partial charge in [-0.3, -0.25) is 0 Å². The number of hydrogen-bond donors (Lipinski definition) is 1. The predicted octanol–water partition coefficient (Wildman–Crippen LogP) is 3.91. The van der Waals surface area contributed by atoms with Crippen LogP contribution < -0.4 is 10.6 Å². The number of nitrogens with two attached hydrogens (primary N) is 1. The molecule has 0 amide bonds. The Labute approximate surface area is 121 Å². The quantitative estimate of drug-likeness (QED) is 0.923. The lowest BCUT2D eigenvalue weighted by atomic mass is 10.1. The standard InChI is InChI=1S/C14H17BrN2S/c1-10-5-13(4-3-12(10)7-16)17(2)8-11-6-14(15)18-9-11/h3-6,9H,7-8,16H2,1-2H3. The highest BCUT2D eigenvalue weighted by Crippen LogP contribution is 2.24. The highest BCUT2D eigenvalue weighted by atomic mass is 79.9. The van der Waals surface area contributed by atoms with E-state index in [1.807, 2.05) is 0 Å². The van der Waals surface area contributed by atoms with Gasteiger partial charge < -0.3 is 10.6 Å². The maximum Gasteiger partial charge on any atom is 0.0701 e. The summed E-state index contributed by atoms with van der Waals surface area (Å²) >= 11 is 5.22. The summed E-state index contributed by atoms with van der Waals surface area (Å²) in [5, 5.41) is 2.18. The Hall–Kier alpha value is -0.840. The average molecular weight is 325 g/mol. The summed E-state index contributed by atoms with van der Waals surface area (Å²) in [4.78, 5) is 2.25. The van der Waals surface area contributed by atoms with Gasteiger partial charge in [-0.05, 0) is 63.1 Å². The van der Waals surface area contributed by atoms with Gasteiger partial charge in [-0.1, -0.05) is 6.07 Å². The molecule has 0 aliphatic rings. The van der Waals surface area contributed by atoms with Gasteiger partial charge in [0, 0.05) is 25.8 Å². The highest BCUT2D eigenvalue weighted by molar-refractivity contribution is 9.11. The van der Waals surface area contributed by atoms with Crippen LogP contribution in [0.4, 0.5) is 5.69 Å². The third-order valence-electron chi connectivity index (χ3n) is 3.03. The first-order valence-electron chi connectivity index (χ1n) is 5.84. The van der Waals surface area contributed by atoms with Crippen LogP contribution in [0.5, 0.6) is 0 Å². The Morgan fingerprint density at radius 1 is 1.33 bits per heavy atom. The molecule has 0 saturated heterocycles. The molecule has 0 aliphatic carbocycles. The van der Waals surface area contributed by atoms with E-state index in [4.69, 9.17) is 5.73 Å². The molecular formula is C14H17BrN2S. The minimum Gasteiger partial charge on any atom is -0.370 e. The fourth-order valence-electron chi connectivity index (χ4n) is 1.94. The summed E-state index contributed by atoms with van der Waals surface area (Å²) in [6.07, 6.45) is 0. The molecule has 2 N–H and O–H groups in total. The maximum atomic E-state index is 5.69. The van der Waals surface area contributed by atoms with Gasteiger partial charge in [-0.15, -0.1) is 11.3 Å². The Balaban J connectivity index is 2.13. The number of nitrogens with zero attached hydrogens (tertiary/aromatic N) is 1. The zero-order valence-electron chi connectivity index (χ0n) is 10.6. The van der Waals surface area contributed by atoms with Crippen molar-refractivity contribution in [3.05, 3.63) is 50.1 Å². The van der Waals surface area contributed by atoms with Gasteiger partial charge in [-0.2, -0.15) is 0 Å². The molecule has 0 unspecified atom stereocenters.